The van der Waals surface area contributed by atoms with Gasteiger partial charge in [0.05, 0.1) is 17.5 Å². The number of hydrogen-bond donors (Lipinski definition) is 0. The molecule has 0 atom stereocenters. The highest BCUT2D eigenvalue weighted by molar-refractivity contribution is 5.78. The largest absolute Gasteiger partial charge is 0.380 e. The Morgan fingerprint density at radius 1 is 1.18 bits per heavy atom. The summed E-state index contributed by atoms with van der Waals surface area (Å²) in [6.07, 6.45) is 0. The second-order valence-electron chi connectivity index (χ2n) is 3.99. The van der Waals surface area contributed by atoms with Gasteiger partial charge in [0.2, 0.25) is 0 Å². The third-order valence-electron chi connectivity index (χ3n) is 2.84. The van der Waals surface area contributed by atoms with Crippen molar-refractivity contribution >= 4 is 10.9 Å². The fraction of sp³-hybridized carbons (Fsp3) is 0.333. The van der Waals surface area contributed by atoms with Crippen LogP contribution in [0.3, 0.4) is 0 Å². The molecule has 1 aromatic heterocycles. The standard InChI is InChI=1S/C12H14N2O3/c1-13-10-6-8(7-17-3)4-5-9(10)11(15)14(2)12(13)16/h4-6H,7H2,1-3H3. The van der Waals surface area contributed by atoms with Gasteiger partial charge in [0.25, 0.3) is 5.56 Å². The predicted octanol–water partition coefficient (Wildman–Crippen LogP) is 0.384. The molecule has 1 heterocycles. The second kappa shape index (κ2) is 4.18. The number of methoxy groups -OCH3 is 1. The molecule has 0 amide bonds. The smallest absolute Gasteiger partial charge is 0.330 e. The van der Waals surface area contributed by atoms with Gasteiger partial charge in [-0.1, -0.05) is 6.07 Å². The van der Waals surface area contributed by atoms with Crippen molar-refractivity contribution in [3.05, 3.63) is 44.6 Å². The molecular formula is C12H14N2O3. The van der Waals surface area contributed by atoms with Crippen LogP contribution in [0, 0.1) is 0 Å². The van der Waals surface area contributed by atoms with Crippen LogP contribution in [0.2, 0.25) is 0 Å². The van der Waals surface area contributed by atoms with E-state index in [9.17, 15) is 9.59 Å². The summed E-state index contributed by atoms with van der Waals surface area (Å²) in [5.41, 5.74) is 0.972. The highest BCUT2D eigenvalue weighted by Crippen LogP contribution is 2.11. The Labute approximate surface area is 97.9 Å². The lowest BCUT2D eigenvalue weighted by Crippen LogP contribution is -2.36. The van der Waals surface area contributed by atoms with Crippen molar-refractivity contribution in [2.45, 2.75) is 6.61 Å². The van der Waals surface area contributed by atoms with E-state index in [1.54, 1.807) is 20.2 Å². The Kier molecular flexibility index (Phi) is 2.85. The van der Waals surface area contributed by atoms with Crippen LogP contribution in [0.15, 0.2) is 27.8 Å². The van der Waals surface area contributed by atoms with Crippen LogP contribution in [-0.4, -0.2) is 16.2 Å². The lowest BCUT2D eigenvalue weighted by Gasteiger charge is -2.08. The fourth-order valence-corrected chi connectivity index (χ4v) is 1.89. The Morgan fingerprint density at radius 3 is 2.53 bits per heavy atom. The molecule has 2 aromatic rings. The number of ether oxygens (including phenoxy) is 1. The third kappa shape index (κ3) is 1.78. The van der Waals surface area contributed by atoms with Crippen molar-refractivity contribution < 1.29 is 4.74 Å². The van der Waals surface area contributed by atoms with Crippen molar-refractivity contribution in [1.29, 1.82) is 0 Å². The van der Waals surface area contributed by atoms with E-state index < -0.39 is 0 Å². The molecular weight excluding hydrogens is 220 g/mol. The molecule has 90 valence electrons. The highest BCUT2D eigenvalue weighted by Gasteiger charge is 2.08. The topological polar surface area (TPSA) is 53.2 Å². The molecule has 0 saturated carbocycles. The van der Waals surface area contributed by atoms with E-state index in [2.05, 4.69) is 0 Å². The minimum absolute atomic E-state index is 0.271. The van der Waals surface area contributed by atoms with Crippen LogP contribution in [0.4, 0.5) is 0 Å². The van der Waals surface area contributed by atoms with E-state index in [-0.39, 0.29) is 11.2 Å². The zero-order chi connectivity index (χ0) is 12.6. The second-order valence-corrected chi connectivity index (χ2v) is 3.99. The molecule has 1 aromatic carbocycles. The molecule has 0 spiro atoms. The number of hydrogen-bond acceptors (Lipinski definition) is 3. The summed E-state index contributed by atoms with van der Waals surface area (Å²) in [5, 5.41) is 0.537. The van der Waals surface area contributed by atoms with E-state index in [1.165, 1.54) is 11.6 Å². The van der Waals surface area contributed by atoms with Gasteiger partial charge in [-0.2, -0.15) is 0 Å². The van der Waals surface area contributed by atoms with Crippen LogP contribution in [-0.2, 0) is 25.4 Å². The van der Waals surface area contributed by atoms with Crippen molar-refractivity contribution in [1.82, 2.24) is 9.13 Å². The van der Waals surface area contributed by atoms with E-state index in [0.717, 1.165) is 10.1 Å². The summed E-state index contributed by atoms with van der Waals surface area (Å²) in [6, 6.07) is 5.37. The number of benzene rings is 1. The number of nitrogens with zero attached hydrogens (tertiary/aromatic N) is 2. The molecule has 0 bridgehead atoms. The number of aryl methyl sites for hydroxylation is 1. The summed E-state index contributed by atoms with van der Waals surface area (Å²) in [6.45, 7) is 0.458. The van der Waals surface area contributed by atoms with Gasteiger partial charge in [0.15, 0.2) is 0 Å². The van der Waals surface area contributed by atoms with E-state index >= 15 is 0 Å². The van der Waals surface area contributed by atoms with E-state index in [4.69, 9.17) is 4.74 Å². The van der Waals surface area contributed by atoms with Crippen LogP contribution >= 0.6 is 0 Å². The Hall–Kier alpha value is -1.88. The van der Waals surface area contributed by atoms with Gasteiger partial charge in [-0.3, -0.25) is 13.9 Å². The normalized spacial score (nSPS) is 11.0. The summed E-state index contributed by atoms with van der Waals surface area (Å²) in [7, 11) is 4.74. The molecule has 0 aliphatic heterocycles. The maximum atomic E-state index is 11.9. The first-order valence-corrected chi connectivity index (χ1v) is 5.24. The molecule has 0 saturated heterocycles. The first-order chi connectivity index (χ1) is 8.06. The molecule has 0 fully saturated rings. The molecule has 0 aliphatic carbocycles. The summed E-state index contributed by atoms with van der Waals surface area (Å²) in [5.74, 6) is 0. The number of fused-ring (bicyclic) bond motifs is 1. The molecule has 2 rings (SSSR count). The highest BCUT2D eigenvalue weighted by atomic mass is 16.5. The lowest BCUT2D eigenvalue weighted by molar-refractivity contribution is 0.185. The van der Waals surface area contributed by atoms with Gasteiger partial charge in [0.1, 0.15) is 0 Å². The maximum Gasteiger partial charge on any atom is 0.330 e. The first kappa shape index (κ1) is 11.6. The van der Waals surface area contributed by atoms with Crippen molar-refractivity contribution in [3.8, 4) is 0 Å². The van der Waals surface area contributed by atoms with E-state index in [1.807, 2.05) is 12.1 Å². The maximum absolute atomic E-state index is 11.9. The lowest BCUT2D eigenvalue weighted by atomic mass is 10.1. The average molecular weight is 234 g/mol. The zero-order valence-corrected chi connectivity index (χ0v) is 10.1. The molecule has 0 unspecified atom stereocenters. The Balaban J connectivity index is 2.87. The Morgan fingerprint density at radius 2 is 1.88 bits per heavy atom. The van der Waals surface area contributed by atoms with Gasteiger partial charge in [0, 0.05) is 21.2 Å². The first-order valence-electron chi connectivity index (χ1n) is 5.24. The minimum atomic E-state index is -0.322. The van der Waals surface area contributed by atoms with E-state index in [0.29, 0.717) is 17.5 Å². The summed E-state index contributed by atoms with van der Waals surface area (Å²) < 4.78 is 7.61. The van der Waals surface area contributed by atoms with Crippen molar-refractivity contribution in [3.63, 3.8) is 0 Å². The van der Waals surface area contributed by atoms with Gasteiger partial charge < -0.3 is 4.74 Å². The predicted molar refractivity (Wildman–Crippen MR) is 65.1 cm³/mol. The van der Waals surface area contributed by atoms with Gasteiger partial charge in [-0.15, -0.1) is 0 Å². The molecule has 5 heteroatoms. The molecule has 5 nitrogen and oxygen atoms in total. The monoisotopic (exact) mass is 234 g/mol. The summed E-state index contributed by atoms with van der Waals surface area (Å²) in [4.78, 5) is 23.7. The van der Waals surface area contributed by atoms with Gasteiger partial charge in [-0.25, -0.2) is 4.79 Å². The minimum Gasteiger partial charge on any atom is -0.380 e. The SMILES string of the molecule is COCc1ccc2c(=O)n(C)c(=O)n(C)c2c1. The van der Waals surface area contributed by atoms with Crippen molar-refractivity contribution in [2.24, 2.45) is 14.1 Å². The zero-order valence-electron chi connectivity index (χ0n) is 10.1. The molecule has 17 heavy (non-hydrogen) atoms. The quantitative estimate of drug-likeness (QED) is 0.755. The average Bonchev–Trinajstić information content (AvgIpc) is 2.34. The molecule has 0 N–H and O–H groups in total. The fourth-order valence-electron chi connectivity index (χ4n) is 1.89. The van der Waals surface area contributed by atoms with Crippen LogP contribution < -0.4 is 11.2 Å². The van der Waals surface area contributed by atoms with Crippen LogP contribution in [0.25, 0.3) is 10.9 Å². The summed E-state index contributed by atoms with van der Waals surface area (Å²) >= 11 is 0. The van der Waals surface area contributed by atoms with Gasteiger partial charge >= 0.3 is 5.69 Å². The molecule has 0 aliphatic rings. The van der Waals surface area contributed by atoms with Crippen molar-refractivity contribution in [2.75, 3.05) is 7.11 Å². The number of aromatic nitrogens is 2. The Bertz CT molecular complexity index is 682. The number of rotatable bonds is 2. The van der Waals surface area contributed by atoms with Gasteiger partial charge in [-0.05, 0) is 17.7 Å². The third-order valence-corrected chi connectivity index (χ3v) is 2.84. The van der Waals surface area contributed by atoms with Crippen LogP contribution in [0.5, 0.6) is 0 Å². The molecule has 0 radical (unpaired) electrons. The van der Waals surface area contributed by atoms with Crippen LogP contribution in [0.1, 0.15) is 5.56 Å².